The van der Waals surface area contributed by atoms with E-state index in [0.717, 1.165) is 16.5 Å². The number of nitrogens with one attached hydrogen (secondary N) is 2. The van der Waals surface area contributed by atoms with Crippen LogP contribution in [0.2, 0.25) is 0 Å². The van der Waals surface area contributed by atoms with E-state index < -0.39 is 0 Å². The average molecular weight is 306 g/mol. The highest BCUT2D eigenvalue weighted by Gasteiger charge is 1.99. The summed E-state index contributed by atoms with van der Waals surface area (Å²) in [5.41, 5.74) is 1.07. The van der Waals surface area contributed by atoms with Crippen molar-refractivity contribution in [3.63, 3.8) is 0 Å². The zero-order valence-electron chi connectivity index (χ0n) is 8.80. The molecule has 3 nitrogen and oxygen atoms in total. The summed E-state index contributed by atoms with van der Waals surface area (Å²) in [5.74, 6) is 0.562. The number of rotatable bonds is 5. The van der Waals surface area contributed by atoms with Crippen LogP contribution in [0.15, 0.2) is 28.7 Å². The van der Waals surface area contributed by atoms with Gasteiger partial charge in [-0.15, -0.1) is 11.6 Å². The van der Waals surface area contributed by atoms with Crippen LogP contribution in [-0.2, 0) is 6.54 Å². The van der Waals surface area contributed by atoms with Crippen molar-refractivity contribution < 1.29 is 4.79 Å². The highest BCUT2D eigenvalue weighted by atomic mass is 79.9. The number of carbonyl (C=O) groups is 1. The zero-order valence-corrected chi connectivity index (χ0v) is 11.1. The number of urea groups is 1. The molecule has 1 rings (SSSR count). The van der Waals surface area contributed by atoms with Crippen molar-refractivity contribution in [1.29, 1.82) is 0 Å². The Hall–Kier alpha value is -0.740. The summed E-state index contributed by atoms with van der Waals surface area (Å²) in [6.45, 7) is 1.13. The van der Waals surface area contributed by atoms with E-state index in [-0.39, 0.29) is 6.03 Å². The number of halogens is 2. The molecule has 0 aliphatic carbocycles. The molecule has 5 heteroatoms. The average Bonchev–Trinajstić information content (AvgIpc) is 2.29. The molecule has 0 unspecified atom stereocenters. The Balaban J connectivity index is 2.23. The molecule has 0 saturated heterocycles. The van der Waals surface area contributed by atoms with Gasteiger partial charge in [0.15, 0.2) is 0 Å². The fourth-order valence-electron chi connectivity index (χ4n) is 1.12. The molecule has 0 aliphatic heterocycles. The molecule has 1 aromatic carbocycles. The second-order valence-electron chi connectivity index (χ2n) is 3.28. The quantitative estimate of drug-likeness (QED) is 0.637. The molecule has 0 saturated carbocycles. The molecule has 0 atom stereocenters. The molecule has 0 bridgehead atoms. The number of hydrogen-bond acceptors (Lipinski definition) is 1. The van der Waals surface area contributed by atoms with E-state index in [4.69, 9.17) is 11.6 Å². The van der Waals surface area contributed by atoms with E-state index in [1.54, 1.807) is 0 Å². The van der Waals surface area contributed by atoms with E-state index in [2.05, 4.69) is 26.6 Å². The van der Waals surface area contributed by atoms with Crippen molar-refractivity contribution in [2.45, 2.75) is 13.0 Å². The van der Waals surface area contributed by atoms with Crippen LogP contribution in [0.1, 0.15) is 12.0 Å². The molecule has 88 valence electrons. The molecule has 0 aromatic heterocycles. The molecule has 0 radical (unpaired) electrons. The Labute approximate surface area is 109 Å². The lowest BCUT2D eigenvalue weighted by Gasteiger charge is -2.06. The Morgan fingerprint density at radius 3 is 2.56 bits per heavy atom. The minimum absolute atomic E-state index is 0.159. The van der Waals surface area contributed by atoms with Gasteiger partial charge in [0.1, 0.15) is 0 Å². The maximum atomic E-state index is 11.3. The number of carbonyl (C=O) groups excluding carboxylic acids is 1. The van der Waals surface area contributed by atoms with Crippen molar-refractivity contribution in [2.24, 2.45) is 0 Å². The summed E-state index contributed by atoms with van der Waals surface area (Å²) in [5, 5.41) is 5.49. The Morgan fingerprint density at radius 1 is 1.25 bits per heavy atom. The maximum Gasteiger partial charge on any atom is 0.315 e. The largest absolute Gasteiger partial charge is 0.338 e. The van der Waals surface area contributed by atoms with E-state index in [9.17, 15) is 4.79 Å². The van der Waals surface area contributed by atoms with Crippen LogP contribution in [0.3, 0.4) is 0 Å². The molecule has 1 aromatic rings. The summed E-state index contributed by atoms with van der Waals surface area (Å²) in [6.07, 6.45) is 0.785. The smallest absolute Gasteiger partial charge is 0.315 e. The van der Waals surface area contributed by atoms with E-state index in [1.807, 2.05) is 24.3 Å². The van der Waals surface area contributed by atoms with Crippen LogP contribution in [0.25, 0.3) is 0 Å². The first-order chi connectivity index (χ1) is 7.72. The van der Waals surface area contributed by atoms with E-state index >= 15 is 0 Å². The molecule has 16 heavy (non-hydrogen) atoms. The minimum atomic E-state index is -0.159. The van der Waals surface area contributed by atoms with Crippen molar-refractivity contribution >= 4 is 33.6 Å². The lowest BCUT2D eigenvalue weighted by molar-refractivity contribution is 0.240. The second-order valence-corrected chi connectivity index (χ2v) is 4.57. The summed E-state index contributed by atoms with van der Waals surface area (Å²) in [7, 11) is 0. The van der Waals surface area contributed by atoms with Gasteiger partial charge in [-0.1, -0.05) is 28.1 Å². The topological polar surface area (TPSA) is 41.1 Å². The number of alkyl halides is 1. The molecular weight excluding hydrogens is 291 g/mol. The van der Waals surface area contributed by atoms with Gasteiger partial charge >= 0.3 is 6.03 Å². The molecule has 0 spiro atoms. The normalized spacial score (nSPS) is 9.88. The first kappa shape index (κ1) is 13.3. The molecule has 2 N–H and O–H groups in total. The van der Waals surface area contributed by atoms with Gasteiger partial charge in [-0.25, -0.2) is 4.79 Å². The summed E-state index contributed by atoms with van der Waals surface area (Å²) >= 11 is 8.85. The lowest BCUT2D eigenvalue weighted by Crippen LogP contribution is -2.35. The SMILES string of the molecule is O=C(NCCCCl)NCc1ccc(Br)cc1. The number of amides is 2. The monoisotopic (exact) mass is 304 g/mol. The van der Waals surface area contributed by atoms with Crippen LogP contribution in [0, 0.1) is 0 Å². The van der Waals surface area contributed by atoms with Crippen LogP contribution < -0.4 is 10.6 Å². The Kier molecular flexibility index (Phi) is 6.26. The maximum absolute atomic E-state index is 11.3. The van der Waals surface area contributed by atoms with Crippen molar-refractivity contribution in [3.05, 3.63) is 34.3 Å². The van der Waals surface area contributed by atoms with Crippen LogP contribution in [-0.4, -0.2) is 18.5 Å². The van der Waals surface area contributed by atoms with Gasteiger partial charge in [0.25, 0.3) is 0 Å². The van der Waals surface area contributed by atoms with E-state index in [1.165, 1.54) is 0 Å². The fourth-order valence-corrected chi connectivity index (χ4v) is 1.51. The predicted octanol–water partition coefficient (Wildman–Crippen LogP) is 2.88. The van der Waals surface area contributed by atoms with Gasteiger partial charge in [0.2, 0.25) is 0 Å². The third kappa shape index (κ3) is 5.37. The van der Waals surface area contributed by atoms with Crippen LogP contribution in [0.5, 0.6) is 0 Å². The molecular formula is C11H14BrClN2O. The molecule has 0 aliphatic rings. The van der Waals surface area contributed by atoms with Gasteiger partial charge in [0, 0.05) is 23.4 Å². The number of benzene rings is 1. The Morgan fingerprint density at radius 2 is 1.94 bits per heavy atom. The molecule has 0 fully saturated rings. The van der Waals surface area contributed by atoms with Crippen molar-refractivity contribution in [3.8, 4) is 0 Å². The zero-order chi connectivity index (χ0) is 11.8. The summed E-state index contributed by atoms with van der Waals surface area (Å²) in [6, 6.07) is 7.66. The molecule has 2 amide bonds. The third-order valence-electron chi connectivity index (χ3n) is 1.96. The number of hydrogen-bond donors (Lipinski definition) is 2. The van der Waals surface area contributed by atoms with Crippen molar-refractivity contribution in [2.75, 3.05) is 12.4 Å². The Bertz CT molecular complexity index is 329. The first-order valence-corrected chi connectivity index (χ1v) is 6.37. The van der Waals surface area contributed by atoms with Crippen LogP contribution in [0.4, 0.5) is 4.79 Å². The van der Waals surface area contributed by atoms with Gasteiger partial charge < -0.3 is 10.6 Å². The van der Waals surface area contributed by atoms with E-state index in [0.29, 0.717) is 19.0 Å². The fraction of sp³-hybridized carbons (Fsp3) is 0.364. The first-order valence-electron chi connectivity index (χ1n) is 5.04. The standard InChI is InChI=1S/C11H14BrClN2O/c12-10-4-2-9(3-5-10)8-15-11(16)14-7-1-6-13/h2-5H,1,6-8H2,(H2,14,15,16). The predicted molar refractivity (Wildman–Crippen MR) is 69.7 cm³/mol. The van der Waals surface area contributed by atoms with Crippen molar-refractivity contribution in [1.82, 2.24) is 10.6 Å². The minimum Gasteiger partial charge on any atom is -0.338 e. The summed E-state index contributed by atoms with van der Waals surface area (Å²) < 4.78 is 1.03. The summed E-state index contributed by atoms with van der Waals surface area (Å²) in [4.78, 5) is 11.3. The third-order valence-corrected chi connectivity index (χ3v) is 2.76. The molecule has 0 heterocycles. The highest BCUT2D eigenvalue weighted by Crippen LogP contribution is 2.09. The van der Waals surface area contributed by atoms with Gasteiger partial charge in [-0.3, -0.25) is 0 Å². The highest BCUT2D eigenvalue weighted by molar-refractivity contribution is 9.10. The second kappa shape index (κ2) is 7.52. The van der Waals surface area contributed by atoms with Gasteiger partial charge in [-0.2, -0.15) is 0 Å². The van der Waals surface area contributed by atoms with Crippen LogP contribution >= 0.6 is 27.5 Å². The lowest BCUT2D eigenvalue weighted by atomic mass is 10.2. The van der Waals surface area contributed by atoms with Gasteiger partial charge in [-0.05, 0) is 24.1 Å². The van der Waals surface area contributed by atoms with Gasteiger partial charge in [0.05, 0.1) is 0 Å².